The van der Waals surface area contributed by atoms with E-state index in [1.165, 1.54) is 0 Å². The molecule has 0 saturated heterocycles. The van der Waals surface area contributed by atoms with E-state index in [1.54, 1.807) is 28.0 Å². The van der Waals surface area contributed by atoms with Crippen molar-refractivity contribution >= 4 is 29.2 Å². The highest BCUT2D eigenvalue weighted by molar-refractivity contribution is 6.31. The van der Waals surface area contributed by atoms with Crippen LogP contribution in [0.15, 0.2) is 18.2 Å². The predicted octanol–water partition coefficient (Wildman–Crippen LogP) is 1.93. The Morgan fingerprint density at radius 3 is 2.75 bits per heavy atom. The van der Waals surface area contributed by atoms with Crippen LogP contribution >= 0.6 is 11.6 Å². The van der Waals surface area contributed by atoms with E-state index in [0.29, 0.717) is 29.5 Å². The number of amides is 1. The zero-order valence-corrected chi connectivity index (χ0v) is 12.3. The Balaban J connectivity index is 2.23. The molecule has 0 aliphatic carbocycles. The molecule has 1 aliphatic heterocycles. The lowest BCUT2D eigenvalue weighted by atomic mass is 10.2. The van der Waals surface area contributed by atoms with Crippen molar-refractivity contribution in [2.45, 2.75) is 13.8 Å². The van der Waals surface area contributed by atoms with Gasteiger partial charge in [0.25, 0.3) is 0 Å². The van der Waals surface area contributed by atoms with Crippen molar-refractivity contribution in [2.24, 2.45) is 0 Å². The molecule has 1 aromatic carbocycles. The Labute approximate surface area is 123 Å². The van der Waals surface area contributed by atoms with Crippen LogP contribution in [0, 0.1) is 0 Å². The van der Waals surface area contributed by atoms with Crippen LogP contribution in [0.1, 0.15) is 13.8 Å². The molecule has 6 heteroatoms. The van der Waals surface area contributed by atoms with E-state index in [0.717, 1.165) is 0 Å². The molecule has 0 unspecified atom stereocenters. The number of carbonyl (C=O) groups excluding carboxylic acids is 2. The molecule has 0 saturated carbocycles. The van der Waals surface area contributed by atoms with Gasteiger partial charge in [0.15, 0.2) is 5.75 Å². The summed E-state index contributed by atoms with van der Waals surface area (Å²) < 4.78 is 5.15. The molecule has 0 bridgehead atoms. The van der Waals surface area contributed by atoms with E-state index in [-0.39, 0.29) is 25.0 Å². The highest BCUT2D eigenvalue weighted by Crippen LogP contribution is 2.34. The third kappa shape index (κ3) is 3.04. The number of ether oxygens (including phenoxy) is 1. The number of benzene rings is 1. The second-order valence-corrected chi connectivity index (χ2v) is 4.94. The maximum atomic E-state index is 12.2. The average Bonchev–Trinajstić information content (AvgIpc) is 2.41. The molecule has 0 aromatic heterocycles. The quantitative estimate of drug-likeness (QED) is 0.629. The molecule has 1 heterocycles. The summed E-state index contributed by atoms with van der Waals surface area (Å²) in [6.07, 6.45) is 0. The average molecular weight is 297 g/mol. The minimum atomic E-state index is -0.368. The molecule has 1 amide bonds. The Hall–Kier alpha value is -1.75. The minimum Gasteiger partial charge on any atom is -0.423 e. The van der Waals surface area contributed by atoms with Gasteiger partial charge in [-0.2, -0.15) is 0 Å². The number of hydrogen-bond acceptors (Lipinski definition) is 4. The van der Waals surface area contributed by atoms with Gasteiger partial charge in [-0.15, -0.1) is 0 Å². The van der Waals surface area contributed by atoms with Crippen molar-refractivity contribution < 1.29 is 14.3 Å². The number of esters is 1. The second-order valence-electron chi connectivity index (χ2n) is 4.51. The van der Waals surface area contributed by atoms with E-state index in [1.807, 2.05) is 13.8 Å². The number of rotatable bonds is 4. The highest BCUT2D eigenvalue weighted by atomic mass is 35.5. The first-order chi connectivity index (χ1) is 9.55. The molecular formula is C14H17ClN2O3. The fourth-order valence-corrected chi connectivity index (χ4v) is 2.37. The highest BCUT2D eigenvalue weighted by Gasteiger charge is 2.26. The Morgan fingerprint density at radius 2 is 2.10 bits per heavy atom. The fourth-order valence-electron chi connectivity index (χ4n) is 2.20. The first kappa shape index (κ1) is 14.7. The van der Waals surface area contributed by atoms with Crippen LogP contribution in [0.3, 0.4) is 0 Å². The van der Waals surface area contributed by atoms with Gasteiger partial charge in [0, 0.05) is 18.1 Å². The van der Waals surface area contributed by atoms with Gasteiger partial charge in [-0.25, -0.2) is 4.79 Å². The molecule has 5 nitrogen and oxygen atoms in total. The lowest BCUT2D eigenvalue weighted by Crippen LogP contribution is -2.44. The molecule has 1 aromatic rings. The summed E-state index contributed by atoms with van der Waals surface area (Å²) in [5.74, 6) is 0.0563. The summed E-state index contributed by atoms with van der Waals surface area (Å²) in [7, 11) is 0. The van der Waals surface area contributed by atoms with Crippen molar-refractivity contribution in [1.29, 1.82) is 0 Å². The molecule has 0 N–H and O–H groups in total. The first-order valence-corrected chi connectivity index (χ1v) is 6.95. The zero-order chi connectivity index (χ0) is 14.7. The smallest absolute Gasteiger partial charge is 0.331 e. The van der Waals surface area contributed by atoms with Crippen molar-refractivity contribution in [3.63, 3.8) is 0 Å². The maximum Gasteiger partial charge on any atom is 0.331 e. The standard InChI is InChI=1S/C14H17ClN2O3/c1-3-16(4-2)13(18)8-17-9-14(19)20-12-6-5-10(15)7-11(12)17/h5-7H,3-4,8-9H2,1-2H3. The number of anilines is 1. The Bertz CT molecular complexity index is 529. The van der Waals surface area contributed by atoms with Gasteiger partial charge in [-0.1, -0.05) is 11.6 Å². The largest absolute Gasteiger partial charge is 0.423 e. The van der Waals surface area contributed by atoms with E-state index in [4.69, 9.17) is 16.3 Å². The van der Waals surface area contributed by atoms with Gasteiger partial charge in [-0.3, -0.25) is 4.79 Å². The topological polar surface area (TPSA) is 49.9 Å². The Kier molecular flexibility index (Phi) is 4.49. The lowest BCUT2D eigenvalue weighted by Gasteiger charge is -2.31. The SMILES string of the molecule is CCN(CC)C(=O)CN1CC(=O)Oc2ccc(Cl)cc21. The molecule has 20 heavy (non-hydrogen) atoms. The van der Waals surface area contributed by atoms with Crippen molar-refractivity contribution in [2.75, 3.05) is 31.1 Å². The molecule has 0 spiro atoms. The van der Waals surface area contributed by atoms with E-state index >= 15 is 0 Å². The van der Waals surface area contributed by atoms with Gasteiger partial charge in [0.1, 0.15) is 6.54 Å². The molecule has 0 fully saturated rings. The van der Waals surface area contributed by atoms with Crippen LogP contribution in [0.25, 0.3) is 0 Å². The lowest BCUT2D eigenvalue weighted by molar-refractivity contribution is -0.133. The van der Waals surface area contributed by atoms with Crippen LogP contribution in [-0.4, -0.2) is 43.0 Å². The number of carbonyl (C=O) groups is 2. The van der Waals surface area contributed by atoms with Gasteiger partial charge >= 0.3 is 5.97 Å². The predicted molar refractivity (Wildman–Crippen MR) is 77.2 cm³/mol. The zero-order valence-electron chi connectivity index (χ0n) is 11.6. The molecular weight excluding hydrogens is 280 g/mol. The maximum absolute atomic E-state index is 12.2. The number of nitrogens with zero attached hydrogens (tertiary/aromatic N) is 2. The summed E-state index contributed by atoms with van der Waals surface area (Å²) in [6, 6.07) is 5.01. The van der Waals surface area contributed by atoms with Crippen LogP contribution in [0.2, 0.25) is 5.02 Å². The summed E-state index contributed by atoms with van der Waals surface area (Å²) in [5, 5.41) is 0.544. The second kappa shape index (κ2) is 6.13. The molecule has 0 radical (unpaired) electrons. The number of halogens is 1. The monoisotopic (exact) mass is 296 g/mol. The van der Waals surface area contributed by atoms with E-state index in [2.05, 4.69) is 0 Å². The van der Waals surface area contributed by atoms with Crippen molar-refractivity contribution in [1.82, 2.24) is 4.90 Å². The van der Waals surface area contributed by atoms with Gasteiger partial charge in [-0.05, 0) is 32.0 Å². The van der Waals surface area contributed by atoms with Gasteiger partial charge < -0.3 is 14.5 Å². The van der Waals surface area contributed by atoms with Crippen LogP contribution in [0.4, 0.5) is 5.69 Å². The molecule has 0 atom stereocenters. The summed E-state index contributed by atoms with van der Waals surface area (Å²) >= 11 is 5.97. The molecule has 108 valence electrons. The summed E-state index contributed by atoms with van der Waals surface area (Å²) in [6.45, 7) is 5.35. The third-order valence-corrected chi connectivity index (χ3v) is 3.48. The Morgan fingerprint density at radius 1 is 1.40 bits per heavy atom. The first-order valence-electron chi connectivity index (χ1n) is 6.58. The van der Waals surface area contributed by atoms with Gasteiger partial charge in [0.2, 0.25) is 5.91 Å². The van der Waals surface area contributed by atoms with Crippen LogP contribution in [-0.2, 0) is 9.59 Å². The van der Waals surface area contributed by atoms with E-state index < -0.39 is 0 Å². The van der Waals surface area contributed by atoms with Crippen LogP contribution < -0.4 is 9.64 Å². The third-order valence-electron chi connectivity index (χ3n) is 3.25. The number of hydrogen-bond donors (Lipinski definition) is 0. The molecule has 1 aliphatic rings. The van der Waals surface area contributed by atoms with Crippen molar-refractivity contribution in [3.05, 3.63) is 23.2 Å². The van der Waals surface area contributed by atoms with E-state index in [9.17, 15) is 9.59 Å². The normalized spacial score (nSPS) is 13.8. The number of likely N-dealkylation sites (N-methyl/N-ethyl adjacent to an activating group) is 1. The van der Waals surface area contributed by atoms with Crippen LogP contribution in [0.5, 0.6) is 5.75 Å². The summed E-state index contributed by atoms with van der Waals surface area (Å²) in [5.41, 5.74) is 0.678. The summed E-state index contributed by atoms with van der Waals surface area (Å²) in [4.78, 5) is 27.2. The molecule has 2 rings (SSSR count). The minimum absolute atomic E-state index is 0.0179. The fraction of sp³-hybridized carbons (Fsp3) is 0.429. The number of fused-ring (bicyclic) bond motifs is 1. The van der Waals surface area contributed by atoms with Gasteiger partial charge in [0.05, 0.1) is 12.2 Å². The van der Waals surface area contributed by atoms with Crippen molar-refractivity contribution in [3.8, 4) is 5.75 Å².